The molecule has 14 heavy (non-hydrogen) atoms. The zero-order valence-electron chi connectivity index (χ0n) is 9.57. The fraction of sp³-hybridized carbons (Fsp3) is 0.846. The molecule has 1 nitrogen and oxygen atoms in total. The third kappa shape index (κ3) is 11.4. The van der Waals surface area contributed by atoms with Gasteiger partial charge in [0.15, 0.2) is 0 Å². The molecule has 1 heteroatoms. The molecule has 0 bridgehead atoms. The smallest absolute Gasteiger partial charge is 0.0254 e. The van der Waals surface area contributed by atoms with E-state index in [4.69, 9.17) is 5.73 Å². The summed E-state index contributed by atoms with van der Waals surface area (Å²) in [6.45, 7) is 2.26. The molecule has 0 aliphatic carbocycles. The van der Waals surface area contributed by atoms with Gasteiger partial charge in [0.05, 0.1) is 0 Å². The molecule has 0 heterocycles. The first-order valence-electron chi connectivity index (χ1n) is 6.06. The van der Waals surface area contributed by atoms with Gasteiger partial charge in [-0.2, -0.15) is 0 Å². The Bertz CT molecular complexity index is 152. The maximum absolute atomic E-state index is 6.65. The highest BCUT2D eigenvalue weighted by atomic mass is 14.4. The first-order valence-corrected chi connectivity index (χ1v) is 6.06. The first kappa shape index (κ1) is 13.4. The van der Waals surface area contributed by atoms with E-state index in [0.717, 1.165) is 6.42 Å². The van der Waals surface area contributed by atoms with Crippen LogP contribution in [0.5, 0.6) is 0 Å². The van der Waals surface area contributed by atoms with E-state index in [0.29, 0.717) is 0 Å². The van der Waals surface area contributed by atoms with Crippen LogP contribution < -0.4 is 5.73 Å². The standard InChI is InChI=1S/C13H24N/c1-2-3-4-5-6-7-8-9-10-11-12-13-14/h14H,2-11H2,1H3. The van der Waals surface area contributed by atoms with Crippen molar-refractivity contribution in [3.8, 4) is 12.0 Å². The van der Waals surface area contributed by atoms with Gasteiger partial charge in [-0.05, 0) is 6.42 Å². The molecule has 0 saturated heterocycles. The predicted octanol–water partition coefficient (Wildman–Crippen LogP) is 4.15. The van der Waals surface area contributed by atoms with Crippen molar-refractivity contribution in [1.82, 2.24) is 5.73 Å². The van der Waals surface area contributed by atoms with E-state index in [1.807, 2.05) is 0 Å². The maximum atomic E-state index is 6.65. The van der Waals surface area contributed by atoms with E-state index < -0.39 is 0 Å². The van der Waals surface area contributed by atoms with Crippen molar-refractivity contribution < 1.29 is 0 Å². The number of nitrogens with one attached hydrogen (secondary N) is 1. The van der Waals surface area contributed by atoms with Crippen molar-refractivity contribution in [2.75, 3.05) is 0 Å². The van der Waals surface area contributed by atoms with Crippen LogP contribution in [0.3, 0.4) is 0 Å². The number of hydrogen-bond donors (Lipinski definition) is 0. The van der Waals surface area contributed by atoms with Crippen LogP contribution in [0.2, 0.25) is 0 Å². The monoisotopic (exact) mass is 194 g/mol. The predicted molar refractivity (Wildman–Crippen MR) is 62.7 cm³/mol. The van der Waals surface area contributed by atoms with E-state index in [1.165, 1.54) is 57.8 Å². The van der Waals surface area contributed by atoms with Crippen LogP contribution >= 0.6 is 0 Å². The molecule has 0 atom stereocenters. The zero-order chi connectivity index (χ0) is 10.5. The Labute approximate surface area is 89.5 Å². The van der Waals surface area contributed by atoms with Crippen LogP contribution in [-0.4, -0.2) is 0 Å². The number of hydrogen-bond acceptors (Lipinski definition) is 0. The molecule has 0 aromatic carbocycles. The molecule has 0 rings (SSSR count). The lowest BCUT2D eigenvalue weighted by atomic mass is 10.1. The minimum atomic E-state index is 0.916. The third-order valence-corrected chi connectivity index (χ3v) is 2.49. The average Bonchev–Trinajstić information content (AvgIpc) is 2.21. The summed E-state index contributed by atoms with van der Waals surface area (Å²) in [6, 6.07) is 2.19. The zero-order valence-corrected chi connectivity index (χ0v) is 9.57. The van der Waals surface area contributed by atoms with Crippen molar-refractivity contribution in [2.24, 2.45) is 0 Å². The van der Waals surface area contributed by atoms with Crippen LogP contribution in [0, 0.1) is 12.0 Å². The summed E-state index contributed by atoms with van der Waals surface area (Å²) in [5.41, 5.74) is 6.65. The number of rotatable bonds is 9. The Morgan fingerprint density at radius 1 is 0.786 bits per heavy atom. The van der Waals surface area contributed by atoms with Crippen molar-refractivity contribution in [2.45, 2.75) is 71.1 Å². The molecular formula is C13H24N. The maximum Gasteiger partial charge on any atom is 0.0254 e. The summed E-state index contributed by atoms with van der Waals surface area (Å²) in [5, 5.41) is 0. The van der Waals surface area contributed by atoms with Gasteiger partial charge in [0.2, 0.25) is 0 Å². The summed E-state index contributed by atoms with van der Waals surface area (Å²) >= 11 is 0. The summed E-state index contributed by atoms with van der Waals surface area (Å²) in [6.07, 6.45) is 13.1. The molecule has 81 valence electrons. The average molecular weight is 194 g/mol. The summed E-state index contributed by atoms with van der Waals surface area (Å²) in [5.74, 6) is 2.78. The van der Waals surface area contributed by atoms with Crippen LogP contribution in [0.4, 0.5) is 0 Å². The molecule has 1 N–H and O–H groups in total. The molecule has 0 unspecified atom stereocenters. The van der Waals surface area contributed by atoms with Crippen molar-refractivity contribution in [1.29, 1.82) is 0 Å². The van der Waals surface area contributed by atoms with Crippen molar-refractivity contribution >= 4 is 0 Å². The third-order valence-electron chi connectivity index (χ3n) is 2.49. The van der Waals surface area contributed by atoms with Gasteiger partial charge >= 0.3 is 0 Å². The highest BCUT2D eigenvalue weighted by Gasteiger charge is 1.90. The van der Waals surface area contributed by atoms with Crippen LogP contribution in [0.25, 0.3) is 0 Å². The fourth-order valence-electron chi connectivity index (χ4n) is 1.59. The lowest BCUT2D eigenvalue weighted by Gasteiger charge is -1.99. The highest BCUT2D eigenvalue weighted by molar-refractivity contribution is 4.92. The molecule has 0 aromatic heterocycles. The minimum absolute atomic E-state index is 0.916. The Kier molecular flexibility index (Phi) is 11.8. The van der Waals surface area contributed by atoms with E-state index in [1.54, 1.807) is 0 Å². The molecular weight excluding hydrogens is 170 g/mol. The van der Waals surface area contributed by atoms with Crippen LogP contribution in [0.15, 0.2) is 0 Å². The first-order chi connectivity index (χ1) is 6.91. The minimum Gasteiger partial charge on any atom is -0.252 e. The molecule has 0 fully saturated rings. The quantitative estimate of drug-likeness (QED) is 0.389. The van der Waals surface area contributed by atoms with E-state index in [2.05, 4.69) is 18.9 Å². The molecule has 0 aliphatic heterocycles. The van der Waals surface area contributed by atoms with Gasteiger partial charge in [0, 0.05) is 12.5 Å². The Hall–Kier alpha value is -0.640. The van der Waals surface area contributed by atoms with Crippen molar-refractivity contribution in [3.63, 3.8) is 0 Å². The van der Waals surface area contributed by atoms with E-state index in [-0.39, 0.29) is 0 Å². The van der Waals surface area contributed by atoms with E-state index >= 15 is 0 Å². The van der Waals surface area contributed by atoms with E-state index in [9.17, 15) is 0 Å². The highest BCUT2D eigenvalue weighted by Crippen LogP contribution is 2.09. The molecule has 0 saturated carbocycles. The summed E-state index contributed by atoms with van der Waals surface area (Å²) in [4.78, 5) is 0. The molecule has 0 aromatic rings. The van der Waals surface area contributed by atoms with Crippen LogP contribution in [0.1, 0.15) is 71.1 Å². The largest absolute Gasteiger partial charge is 0.252 e. The van der Waals surface area contributed by atoms with Gasteiger partial charge in [-0.15, -0.1) is 0 Å². The van der Waals surface area contributed by atoms with Gasteiger partial charge in [-0.3, -0.25) is 5.73 Å². The molecule has 0 amide bonds. The second-order valence-electron chi connectivity index (χ2n) is 3.88. The topological polar surface area (TPSA) is 23.8 Å². The normalized spacial score (nSPS) is 9.50. The molecule has 0 spiro atoms. The SMILES string of the molecule is CCCCCCCCCCCC#C[NH]. The van der Waals surface area contributed by atoms with Crippen LogP contribution in [-0.2, 0) is 0 Å². The van der Waals surface area contributed by atoms with Gasteiger partial charge in [0.25, 0.3) is 0 Å². The lowest BCUT2D eigenvalue weighted by Crippen LogP contribution is -1.80. The Balaban J connectivity index is 2.87. The lowest BCUT2D eigenvalue weighted by molar-refractivity contribution is 0.567. The molecule has 1 radical (unpaired) electrons. The second-order valence-corrected chi connectivity index (χ2v) is 3.88. The van der Waals surface area contributed by atoms with Gasteiger partial charge < -0.3 is 0 Å². The van der Waals surface area contributed by atoms with Gasteiger partial charge in [0.1, 0.15) is 0 Å². The van der Waals surface area contributed by atoms with Gasteiger partial charge in [-0.25, -0.2) is 0 Å². The fourth-order valence-corrected chi connectivity index (χ4v) is 1.59. The Morgan fingerprint density at radius 2 is 1.29 bits per heavy atom. The van der Waals surface area contributed by atoms with Gasteiger partial charge in [-0.1, -0.05) is 64.2 Å². The molecule has 0 aliphatic rings. The second kappa shape index (κ2) is 12.4. The number of unbranched alkanes of at least 4 members (excludes halogenated alkanes) is 9. The van der Waals surface area contributed by atoms with Crippen molar-refractivity contribution in [3.05, 3.63) is 0 Å². The summed E-state index contributed by atoms with van der Waals surface area (Å²) < 4.78 is 0. The summed E-state index contributed by atoms with van der Waals surface area (Å²) in [7, 11) is 0. The Morgan fingerprint density at radius 3 is 1.79 bits per heavy atom.